The van der Waals surface area contributed by atoms with E-state index in [1.54, 1.807) is 0 Å². The molecule has 1 aromatic heterocycles. The molecule has 1 aromatic carbocycles. The fourth-order valence-electron chi connectivity index (χ4n) is 4.31. The zero-order chi connectivity index (χ0) is 20.1. The standard InChI is InChI=1S/C22H30N4O2/c1-3-5-16(2)15-26-10-8-22(9-11-26,18-6-4-7-19(23)12-18)21-24-13-17(14-25-21)20(27)28/h4,6-7,12-14,16H,3,5,8-11,15,23H2,1-2H3,(H,27,28). The van der Waals surface area contributed by atoms with Crippen LogP contribution in [0.25, 0.3) is 0 Å². The predicted molar refractivity (Wildman–Crippen MR) is 110 cm³/mol. The van der Waals surface area contributed by atoms with Crippen LogP contribution in [0.5, 0.6) is 0 Å². The van der Waals surface area contributed by atoms with E-state index in [0.29, 0.717) is 11.7 Å². The second-order valence-corrected chi connectivity index (χ2v) is 8.00. The SMILES string of the molecule is CCCC(C)CN1CCC(c2cccc(N)c2)(c2ncc(C(=O)O)cn2)CC1. The second-order valence-electron chi connectivity index (χ2n) is 8.00. The third kappa shape index (κ3) is 4.33. The summed E-state index contributed by atoms with van der Waals surface area (Å²) in [6.45, 7) is 7.59. The molecule has 0 aliphatic carbocycles. The van der Waals surface area contributed by atoms with Crippen molar-refractivity contribution in [1.29, 1.82) is 0 Å². The number of carboxylic acid groups (broad SMARTS) is 1. The van der Waals surface area contributed by atoms with Gasteiger partial charge in [0.15, 0.2) is 0 Å². The minimum absolute atomic E-state index is 0.109. The number of aromatic nitrogens is 2. The summed E-state index contributed by atoms with van der Waals surface area (Å²) in [5.74, 6) is 0.365. The van der Waals surface area contributed by atoms with E-state index in [9.17, 15) is 4.79 Å². The highest BCUT2D eigenvalue weighted by atomic mass is 16.4. The summed E-state index contributed by atoms with van der Waals surface area (Å²) in [5.41, 5.74) is 7.66. The van der Waals surface area contributed by atoms with Gasteiger partial charge in [-0.3, -0.25) is 0 Å². The molecule has 1 unspecified atom stereocenters. The van der Waals surface area contributed by atoms with Crippen LogP contribution >= 0.6 is 0 Å². The predicted octanol–water partition coefficient (Wildman–Crippen LogP) is 3.58. The average Bonchev–Trinajstić information content (AvgIpc) is 2.69. The number of nitrogens with zero attached hydrogens (tertiary/aromatic N) is 3. The molecule has 0 bridgehead atoms. The van der Waals surface area contributed by atoms with Crippen LogP contribution in [0.15, 0.2) is 36.7 Å². The Morgan fingerprint density at radius 1 is 1.29 bits per heavy atom. The molecule has 1 aliphatic rings. The Balaban J connectivity index is 1.88. The largest absolute Gasteiger partial charge is 0.478 e. The van der Waals surface area contributed by atoms with Crippen LogP contribution in [0.2, 0.25) is 0 Å². The van der Waals surface area contributed by atoms with Crippen molar-refractivity contribution in [3.05, 3.63) is 53.6 Å². The molecule has 0 spiro atoms. The van der Waals surface area contributed by atoms with Crippen LogP contribution in [-0.2, 0) is 5.41 Å². The topological polar surface area (TPSA) is 92.3 Å². The minimum atomic E-state index is -1.01. The van der Waals surface area contributed by atoms with E-state index in [1.807, 2.05) is 18.2 Å². The smallest absolute Gasteiger partial charge is 0.338 e. The van der Waals surface area contributed by atoms with E-state index in [1.165, 1.54) is 25.2 Å². The van der Waals surface area contributed by atoms with Crippen molar-refractivity contribution in [1.82, 2.24) is 14.9 Å². The van der Waals surface area contributed by atoms with Crippen LogP contribution in [0, 0.1) is 5.92 Å². The van der Waals surface area contributed by atoms with Crippen molar-refractivity contribution < 1.29 is 9.90 Å². The lowest BCUT2D eigenvalue weighted by Gasteiger charge is -2.42. The van der Waals surface area contributed by atoms with Crippen molar-refractivity contribution in [3.8, 4) is 0 Å². The molecule has 1 fully saturated rings. The number of carboxylic acids is 1. The van der Waals surface area contributed by atoms with E-state index < -0.39 is 5.97 Å². The van der Waals surface area contributed by atoms with Crippen molar-refractivity contribution in [2.75, 3.05) is 25.4 Å². The molecule has 150 valence electrons. The normalized spacial score (nSPS) is 17.9. The number of nitrogen functional groups attached to an aromatic ring is 1. The highest BCUT2D eigenvalue weighted by Gasteiger charge is 2.40. The third-order valence-electron chi connectivity index (χ3n) is 5.83. The molecule has 3 rings (SSSR count). The third-order valence-corrected chi connectivity index (χ3v) is 5.83. The molecule has 1 aliphatic heterocycles. The molecule has 0 saturated carbocycles. The molecule has 0 amide bonds. The lowest BCUT2D eigenvalue weighted by Crippen LogP contribution is -2.45. The number of benzene rings is 1. The highest BCUT2D eigenvalue weighted by Crippen LogP contribution is 2.40. The molecule has 1 atom stereocenters. The van der Waals surface area contributed by atoms with Crippen molar-refractivity contribution >= 4 is 11.7 Å². The van der Waals surface area contributed by atoms with Gasteiger partial charge in [0.1, 0.15) is 5.82 Å². The van der Waals surface area contributed by atoms with Gasteiger partial charge in [-0.2, -0.15) is 0 Å². The van der Waals surface area contributed by atoms with Crippen molar-refractivity contribution in [3.63, 3.8) is 0 Å². The van der Waals surface area contributed by atoms with Crippen molar-refractivity contribution in [2.45, 2.75) is 44.9 Å². The maximum Gasteiger partial charge on any atom is 0.338 e. The van der Waals surface area contributed by atoms with Gasteiger partial charge in [0, 0.05) is 24.6 Å². The number of hydrogen-bond acceptors (Lipinski definition) is 5. The van der Waals surface area contributed by atoms with Gasteiger partial charge in [0.05, 0.1) is 11.0 Å². The first kappa shape index (κ1) is 20.3. The maximum absolute atomic E-state index is 11.2. The molecular formula is C22H30N4O2. The zero-order valence-corrected chi connectivity index (χ0v) is 16.8. The first-order chi connectivity index (χ1) is 13.4. The van der Waals surface area contributed by atoms with E-state index in [4.69, 9.17) is 10.8 Å². The molecule has 3 N–H and O–H groups in total. The molecule has 28 heavy (non-hydrogen) atoms. The number of carbonyl (C=O) groups is 1. The van der Waals surface area contributed by atoms with Gasteiger partial charge < -0.3 is 15.7 Å². The van der Waals surface area contributed by atoms with Gasteiger partial charge in [-0.15, -0.1) is 0 Å². The quantitative estimate of drug-likeness (QED) is 0.711. The Bertz CT molecular complexity index is 798. The van der Waals surface area contributed by atoms with Crippen LogP contribution in [0.4, 0.5) is 5.69 Å². The molecular weight excluding hydrogens is 352 g/mol. The number of nitrogens with two attached hydrogens (primary N) is 1. The fraction of sp³-hybridized carbons (Fsp3) is 0.500. The molecule has 1 saturated heterocycles. The summed E-state index contributed by atoms with van der Waals surface area (Å²) in [4.78, 5) is 22.6. The fourth-order valence-corrected chi connectivity index (χ4v) is 4.31. The zero-order valence-electron chi connectivity index (χ0n) is 16.8. The van der Waals surface area contributed by atoms with Gasteiger partial charge in [-0.05, 0) is 56.0 Å². The first-order valence-corrected chi connectivity index (χ1v) is 10.1. The number of anilines is 1. The van der Waals surface area contributed by atoms with Gasteiger partial charge in [-0.1, -0.05) is 32.4 Å². The van der Waals surface area contributed by atoms with Gasteiger partial charge in [0.2, 0.25) is 0 Å². The van der Waals surface area contributed by atoms with Gasteiger partial charge in [0.25, 0.3) is 0 Å². The van der Waals surface area contributed by atoms with Gasteiger partial charge in [-0.25, -0.2) is 14.8 Å². The molecule has 2 heterocycles. The summed E-state index contributed by atoms with van der Waals surface area (Å²) >= 11 is 0. The summed E-state index contributed by atoms with van der Waals surface area (Å²) < 4.78 is 0. The Morgan fingerprint density at radius 3 is 2.54 bits per heavy atom. The molecule has 2 aromatic rings. The Hall–Kier alpha value is -2.47. The summed E-state index contributed by atoms with van der Waals surface area (Å²) in [6, 6.07) is 7.94. The molecule has 6 nitrogen and oxygen atoms in total. The number of hydrogen-bond donors (Lipinski definition) is 2. The van der Waals surface area contributed by atoms with Crippen molar-refractivity contribution in [2.24, 2.45) is 5.92 Å². The maximum atomic E-state index is 11.2. The Kier molecular flexibility index (Phi) is 6.29. The first-order valence-electron chi connectivity index (χ1n) is 10.1. The highest BCUT2D eigenvalue weighted by molar-refractivity contribution is 5.86. The summed E-state index contributed by atoms with van der Waals surface area (Å²) in [5, 5.41) is 9.16. The molecule has 0 radical (unpaired) electrons. The Morgan fingerprint density at radius 2 is 1.96 bits per heavy atom. The monoisotopic (exact) mass is 382 g/mol. The van der Waals surface area contributed by atoms with E-state index in [0.717, 1.165) is 43.7 Å². The minimum Gasteiger partial charge on any atom is -0.478 e. The number of likely N-dealkylation sites (tertiary alicyclic amines) is 1. The Labute approximate surface area is 166 Å². The number of aromatic carboxylic acids is 1. The van der Waals surface area contributed by atoms with Crippen LogP contribution < -0.4 is 5.73 Å². The second kappa shape index (κ2) is 8.69. The van der Waals surface area contributed by atoms with Crippen LogP contribution in [0.3, 0.4) is 0 Å². The summed E-state index contributed by atoms with van der Waals surface area (Å²) in [6.07, 6.45) is 7.06. The average molecular weight is 383 g/mol. The van der Waals surface area contributed by atoms with Gasteiger partial charge >= 0.3 is 5.97 Å². The summed E-state index contributed by atoms with van der Waals surface area (Å²) in [7, 11) is 0. The number of rotatable bonds is 7. The lowest BCUT2D eigenvalue weighted by atomic mass is 9.71. The van der Waals surface area contributed by atoms with E-state index in [-0.39, 0.29) is 11.0 Å². The van der Waals surface area contributed by atoms with Crippen LogP contribution in [0.1, 0.15) is 61.3 Å². The van der Waals surface area contributed by atoms with E-state index >= 15 is 0 Å². The van der Waals surface area contributed by atoms with Crippen LogP contribution in [-0.4, -0.2) is 45.6 Å². The number of piperidine rings is 1. The lowest BCUT2D eigenvalue weighted by molar-refractivity contribution is 0.0695. The molecule has 6 heteroatoms. The van der Waals surface area contributed by atoms with E-state index in [2.05, 4.69) is 34.8 Å².